The second-order valence-corrected chi connectivity index (χ2v) is 7.28. The summed E-state index contributed by atoms with van der Waals surface area (Å²) in [5.74, 6) is -1.01. The summed E-state index contributed by atoms with van der Waals surface area (Å²) in [5, 5.41) is 9.57. The van der Waals surface area contributed by atoms with Crippen LogP contribution < -0.4 is 4.80 Å². The Hall–Kier alpha value is -1.95. The molecule has 1 atom stereocenters. The monoisotopic (exact) mass is 346 g/mol. The molecule has 3 rings (SSSR count). The Bertz CT molecular complexity index is 815. The van der Waals surface area contributed by atoms with Gasteiger partial charge in [-0.05, 0) is 31.4 Å². The summed E-state index contributed by atoms with van der Waals surface area (Å²) in [4.78, 5) is 29.1. The molecule has 1 aliphatic rings. The van der Waals surface area contributed by atoms with E-state index in [9.17, 15) is 14.7 Å². The van der Waals surface area contributed by atoms with Gasteiger partial charge in [-0.15, -0.1) is 0 Å². The van der Waals surface area contributed by atoms with Gasteiger partial charge in [0.2, 0.25) is 0 Å². The van der Waals surface area contributed by atoms with E-state index in [2.05, 4.69) is 4.99 Å². The van der Waals surface area contributed by atoms with Crippen LogP contribution in [0.3, 0.4) is 0 Å². The van der Waals surface area contributed by atoms with E-state index in [0.717, 1.165) is 35.9 Å². The molecule has 6 heteroatoms. The molecular weight excluding hydrogens is 324 g/mol. The molecule has 1 fully saturated rings. The molecule has 0 radical (unpaired) electrons. The number of thiazole rings is 1. The van der Waals surface area contributed by atoms with Crippen molar-refractivity contribution in [3.8, 4) is 0 Å². The van der Waals surface area contributed by atoms with Gasteiger partial charge in [0.1, 0.15) is 6.04 Å². The number of fused-ring (bicyclic) bond motifs is 1. The Labute approximate surface area is 144 Å². The van der Waals surface area contributed by atoms with Crippen molar-refractivity contribution in [1.29, 1.82) is 0 Å². The standard InChI is InChI=1S/C18H22N2O3S/c1-2-13(17(22)23)20-14-10-6-7-11-15(14)24-18(20)19-16(21)12-8-4-3-5-9-12/h6-7,10-13H,2-5,8-9H2,1H3,(H,22,23). The molecule has 0 saturated heterocycles. The number of rotatable bonds is 4. The molecule has 24 heavy (non-hydrogen) atoms. The minimum absolute atomic E-state index is 0.0117. The van der Waals surface area contributed by atoms with Gasteiger partial charge in [0, 0.05) is 5.92 Å². The van der Waals surface area contributed by atoms with Crippen LogP contribution in [0.2, 0.25) is 0 Å². The van der Waals surface area contributed by atoms with E-state index >= 15 is 0 Å². The quantitative estimate of drug-likeness (QED) is 0.916. The van der Waals surface area contributed by atoms with E-state index < -0.39 is 12.0 Å². The van der Waals surface area contributed by atoms with Crippen molar-refractivity contribution in [3.05, 3.63) is 29.1 Å². The third-order valence-electron chi connectivity index (χ3n) is 4.68. The number of carboxylic acids is 1. The predicted octanol–water partition coefficient (Wildman–Crippen LogP) is 3.75. The number of aromatic nitrogens is 1. The molecule has 1 aromatic heterocycles. The van der Waals surface area contributed by atoms with Crippen LogP contribution in [0.1, 0.15) is 51.5 Å². The highest BCUT2D eigenvalue weighted by molar-refractivity contribution is 7.16. The maximum atomic E-state index is 12.6. The van der Waals surface area contributed by atoms with Gasteiger partial charge in [0.05, 0.1) is 10.2 Å². The van der Waals surface area contributed by atoms with Gasteiger partial charge < -0.3 is 9.67 Å². The lowest BCUT2D eigenvalue weighted by Crippen LogP contribution is -2.28. The van der Waals surface area contributed by atoms with Gasteiger partial charge in [-0.3, -0.25) is 4.79 Å². The number of carbonyl (C=O) groups excluding carboxylic acids is 1. The van der Waals surface area contributed by atoms with Gasteiger partial charge in [0.15, 0.2) is 4.80 Å². The number of benzene rings is 1. The van der Waals surface area contributed by atoms with Crippen LogP contribution >= 0.6 is 11.3 Å². The first-order valence-corrected chi connectivity index (χ1v) is 9.35. The largest absolute Gasteiger partial charge is 0.480 e. The van der Waals surface area contributed by atoms with Crippen molar-refractivity contribution in [2.24, 2.45) is 10.9 Å². The summed E-state index contributed by atoms with van der Waals surface area (Å²) in [7, 11) is 0. The first-order valence-electron chi connectivity index (χ1n) is 8.53. The molecule has 1 N–H and O–H groups in total. The normalized spacial score (nSPS) is 18.0. The van der Waals surface area contributed by atoms with Crippen molar-refractivity contribution in [1.82, 2.24) is 4.57 Å². The molecule has 128 valence electrons. The first kappa shape index (κ1) is 16.9. The molecule has 0 spiro atoms. The highest BCUT2D eigenvalue weighted by atomic mass is 32.1. The highest BCUT2D eigenvalue weighted by Crippen LogP contribution is 2.26. The third-order valence-corrected chi connectivity index (χ3v) is 5.71. The SMILES string of the molecule is CCC(C(=O)O)n1c(=NC(=O)C2CCCCC2)sc2ccccc21. The molecule has 1 aromatic carbocycles. The average Bonchev–Trinajstić information content (AvgIpc) is 2.94. The summed E-state index contributed by atoms with van der Waals surface area (Å²) in [6.07, 6.45) is 5.56. The molecule has 1 heterocycles. The van der Waals surface area contributed by atoms with Crippen molar-refractivity contribution >= 4 is 33.4 Å². The predicted molar refractivity (Wildman–Crippen MR) is 93.9 cm³/mol. The molecule has 1 saturated carbocycles. The minimum Gasteiger partial charge on any atom is -0.480 e. The van der Waals surface area contributed by atoms with Crippen LogP contribution in [0.4, 0.5) is 0 Å². The first-order chi connectivity index (χ1) is 11.6. The number of amides is 1. The van der Waals surface area contributed by atoms with Crippen LogP contribution in [0.25, 0.3) is 10.2 Å². The molecule has 2 aromatic rings. The van der Waals surface area contributed by atoms with Gasteiger partial charge in [-0.25, -0.2) is 4.79 Å². The summed E-state index contributed by atoms with van der Waals surface area (Å²) in [5.41, 5.74) is 0.826. The smallest absolute Gasteiger partial charge is 0.326 e. The van der Waals surface area contributed by atoms with Crippen molar-refractivity contribution in [3.63, 3.8) is 0 Å². The zero-order chi connectivity index (χ0) is 17.1. The second-order valence-electron chi connectivity index (χ2n) is 6.27. The average molecular weight is 346 g/mol. The van der Waals surface area contributed by atoms with Crippen LogP contribution in [0.5, 0.6) is 0 Å². The summed E-state index contributed by atoms with van der Waals surface area (Å²) in [6, 6.07) is 6.92. The lowest BCUT2D eigenvalue weighted by molar-refractivity contribution is -0.141. The van der Waals surface area contributed by atoms with E-state index in [1.807, 2.05) is 31.2 Å². The maximum Gasteiger partial charge on any atom is 0.326 e. The van der Waals surface area contributed by atoms with Crippen LogP contribution in [-0.4, -0.2) is 21.6 Å². The van der Waals surface area contributed by atoms with E-state index in [-0.39, 0.29) is 11.8 Å². The number of aliphatic carboxylic acids is 1. The molecule has 0 bridgehead atoms. The van der Waals surface area contributed by atoms with Crippen molar-refractivity contribution in [2.75, 3.05) is 0 Å². The molecule has 1 amide bonds. The van der Waals surface area contributed by atoms with Gasteiger partial charge >= 0.3 is 5.97 Å². The van der Waals surface area contributed by atoms with E-state index in [0.29, 0.717) is 11.2 Å². The van der Waals surface area contributed by atoms with E-state index in [1.54, 1.807) is 4.57 Å². The highest BCUT2D eigenvalue weighted by Gasteiger charge is 2.24. The summed E-state index contributed by atoms with van der Waals surface area (Å²) < 4.78 is 2.66. The zero-order valence-corrected chi connectivity index (χ0v) is 14.6. The van der Waals surface area contributed by atoms with Crippen LogP contribution in [0, 0.1) is 5.92 Å². The Morgan fingerprint density at radius 2 is 2.00 bits per heavy atom. The van der Waals surface area contributed by atoms with Gasteiger partial charge in [0.25, 0.3) is 5.91 Å². The Morgan fingerprint density at radius 3 is 2.67 bits per heavy atom. The van der Waals surface area contributed by atoms with E-state index in [4.69, 9.17) is 0 Å². The fourth-order valence-electron chi connectivity index (χ4n) is 3.37. The number of carbonyl (C=O) groups is 2. The van der Waals surface area contributed by atoms with Gasteiger partial charge in [-0.1, -0.05) is 49.7 Å². The molecule has 1 aliphatic carbocycles. The number of hydrogen-bond acceptors (Lipinski definition) is 3. The fourth-order valence-corrected chi connectivity index (χ4v) is 4.45. The number of para-hydroxylation sites is 1. The Kier molecular flexibility index (Phi) is 5.14. The zero-order valence-electron chi connectivity index (χ0n) is 13.8. The lowest BCUT2D eigenvalue weighted by Gasteiger charge is -2.18. The Morgan fingerprint density at radius 1 is 1.29 bits per heavy atom. The molecule has 0 aliphatic heterocycles. The number of carboxylic acid groups (broad SMARTS) is 1. The lowest BCUT2D eigenvalue weighted by atomic mass is 9.89. The van der Waals surface area contributed by atoms with Crippen LogP contribution in [0.15, 0.2) is 29.3 Å². The van der Waals surface area contributed by atoms with Gasteiger partial charge in [-0.2, -0.15) is 4.99 Å². The minimum atomic E-state index is -0.896. The fraction of sp³-hybridized carbons (Fsp3) is 0.500. The molecule has 5 nitrogen and oxygen atoms in total. The molecule has 1 unspecified atom stereocenters. The van der Waals surface area contributed by atoms with E-state index in [1.165, 1.54) is 17.8 Å². The van der Waals surface area contributed by atoms with Crippen molar-refractivity contribution < 1.29 is 14.7 Å². The number of hydrogen-bond donors (Lipinski definition) is 1. The summed E-state index contributed by atoms with van der Waals surface area (Å²) >= 11 is 1.39. The maximum absolute atomic E-state index is 12.6. The molecular formula is C18H22N2O3S. The number of nitrogens with zero attached hydrogens (tertiary/aromatic N) is 2. The second kappa shape index (κ2) is 7.30. The topological polar surface area (TPSA) is 71.7 Å². The van der Waals surface area contributed by atoms with Crippen LogP contribution in [-0.2, 0) is 9.59 Å². The third kappa shape index (κ3) is 3.29. The van der Waals surface area contributed by atoms with Crippen molar-refractivity contribution in [2.45, 2.75) is 51.5 Å². The Balaban J connectivity index is 2.10. The summed E-state index contributed by atoms with van der Waals surface area (Å²) in [6.45, 7) is 1.84.